The van der Waals surface area contributed by atoms with E-state index in [1.807, 2.05) is 37.4 Å². The van der Waals surface area contributed by atoms with Crippen molar-refractivity contribution in [1.82, 2.24) is 10.6 Å². The van der Waals surface area contributed by atoms with E-state index in [0.717, 1.165) is 16.0 Å². The van der Waals surface area contributed by atoms with Crippen LogP contribution >= 0.6 is 11.3 Å². The third-order valence-corrected chi connectivity index (χ3v) is 4.95. The molecule has 0 aliphatic rings. The largest absolute Gasteiger partial charge is 0.467 e. The van der Waals surface area contributed by atoms with Gasteiger partial charge < -0.3 is 15.1 Å². The number of carbonyl (C=O) groups excluding carboxylic acids is 2. The summed E-state index contributed by atoms with van der Waals surface area (Å²) in [6, 6.07) is 12.7. The number of hydrogen-bond donors (Lipinski definition) is 2. The van der Waals surface area contributed by atoms with Crippen molar-refractivity contribution < 1.29 is 14.0 Å². The normalized spacial score (nSPS) is 11.3. The average molecular weight is 380 g/mol. The Morgan fingerprint density at radius 2 is 1.89 bits per heavy atom. The number of carbonyl (C=O) groups is 2. The zero-order valence-corrected chi connectivity index (χ0v) is 15.9. The molecule has 0 unspecified atom stereocenters. The van der Waals surface area contributed by atoms with Gasteiger partial charge in [0.05, 0.1) is 12.8 Å². The highest BCUT2D eigenvalue weighted by Crippen LogP contribution is 2.19. The molecule has 0 aliphatic heterocycles. The Morgan fingerprint density at radius 3 is 2.52 bits per heavy atom. The number of aryl methyl sites for hydroxylation is 2. The maximum atomic E-state index is 12.7. The summed E-state index contributed by atoms with van der Waals surface area (Å²) in [4.78, 5) is 26.2. The van der Waals surface area contributed by atoms with Gasteiger partial charge in [-0.25, -0.2) is 0 Å². The number of thiophene rings is 1. The molecule has 2 amide bonds. The van der Waals surface area contributed by atoms with Gasteiger partial charge in [0.15, 0.2) is 0 Å². The van der Waals surface area contributed by atoms with Crippen LogP contribution in [0.1, 0.15) is 32.1 Å². The molecule has 0 aliphatic carbocycles. The van der Waals surface area contributed by atoms with Gasteiger partial charge in [0.2, 0.25) is 0 Å². The Labute approximate surface area is 161 Å². The summed E-state index contributed by atoms with van der Waals surface area (Å²) in [6.45, 7) is 4.16. The molecule has 27 heavy (non-hydrogen) atoms. The molecule has 6 heteroatoms. The van der Waals surface area contributed by atoms with Crippen LogP contribution in [0, 0.1) is 13.8 Å². The zero-order valence-electron chi connectivity index (χ0n) is 15.1. The Kier molecular flexibility index (Phi) is 5.88. The van der Waals surface area contributed by atoms with E-state index in [0.29, 0.717) is 11.3 Å². The quantitative estimate of drug-likeness (QED) is 0.634. The number of furan rings is 1. The predicted octanol–water partition coefficient (Wildman–Crippen LogP) is 4.05. The molecule has 0 spiro atoms. The Bertz CT molecular complexity index is 954. The van der Waals surface area contributed by atoms with Crippen LogP contribution in [0.15, 0.2) is 64.2 Å². The summed E-state index contributed by atoms with van der Waals surface area (Å²) in [7, 11) is 0. The first-order valence-corrected chi connectivity index (χ1v) is 9.35. The summed E-state index contributed by atoms with van der Waals surface area (Å²) in [5.74, 6) is -0.0665. The smallest absolute Gasteiger partial charge is 0.268 e. The third-order valence-electron chi connectivity index (χ3n) is 3.99. The maximum Gasteiger partial charge on any atom is 0.268 e. The maximum absolute atomic E-state index is 12.7. The molecular formula is C21H20N2O3S. The van der Waals surface area contributed by atoms with Crippen LogP contribution in [0.3, 0.4) is 0 Å². The summed E-state index contributed by atoms with van der Waals surface area (Å²) < 4.78 is 5.23. The standard InChI is InChI=1S/C21H20N2O3S/c1-14-5-7-16(8-6-14)20(24)23-18(12-19-15(2)9-11-27-19)21(25)22-13-17-4-3-10-26-17/h3-12H,13H2,1-2H3,(H,22,25)(H,23,24). The SMILES string of the molecule is Cc1ccc(C(=O)NC(=Cc2sccc2C)C(=O)NCc2ccco2)cc1. The van der Waals surface area contributed by atoms with Crippen molar-refractivity contribution in [3.63, 3.8) is 0 Å². The topological polar surface area (TPSA) is 71.3 Å². The van der Waals surface area contributed by atoms with Gasteiger partial charge in [0.1, 0.15) is 11.5 Å². The lowest BCUT2D eigenvalue weighted by molar-refractivity contribution is -0.118. The fraction of sp³-hybridized carbons (Fsp3) is 0.143. The average Bonchev–Trinajstić information content (AvgIpc) is 3.31. The van der Waals surface area contributed by atoms with Crippen molar-refractivity contribution in [2.24, 2.45) is 0 Å². The molecule has 0 bridgehead atoms. The zero-order chi connectivity index (χ0) is 19.2. The second kappa shape index (κ2) is 8.51. The molecule has 0 saturated carbocycles. The first kappa shape index (κ1) is 18.7. The van der Waals surface area contributed by atoms with Gasteiger partial charge in [-0.05, 0) is 61.2 Å². The van der Waals surface area contributed by atoms with Crippen LogP contribution in [0.2, 0.25) is 0 Å². The van der Waals surface area contributed by atoms with E-state index in [2.05, 4.69) is 10.6 Å². The number of nitrogens with one attached hydrogen (secondary N) is 2. The molecule has 0 atom stereocenters. The van der Waals surface area contributed by atoms with E-state index in [9.17, 15) is 9.59 Å². The first-order chi connectivity index (χ1) is 13.0. The van der Waals surface area contributed by atoms with E-state index < -0.39 is 0 Å². The van der Waals surface area contributed by atoms with Crippen LogP contribution in [-0.2, 0) is 11.3 Å². The van der Waals surface area contributed by atoms with E-state index in [1.54, 1.807) is 36.6 Å². The highest BCUT2D eigenvalue weighted by molar-refractivity contribution is 7.11. The highest BCUT2D eigenvalue weighted by Gasteiger charge is 2.15. The van der Waals surface area contributed by atoms with Gasteiger partial charge in [-0.2, -0.15) is 0 Å². The van der Waals surface area contributed by atoms with Crippen LogP contribution < -0.4 is 10.6 Å². The lowest BCUT2D eigenvalue weighted by atomic mass is 10.1. The van der Waals surface area contributed by atoms with E-state index in [1.165, 1.54) is 11.3 Å². The predicted molar refractivity (Wildman–Crippen MR) is 106 cm³/mol. The van der Waals surface area contributed by atoms with Crippen molar-refractivity contribution in [3.05, 3.63) is 87.1 Å². The van der Waals surface area contributed by atoms with Crippen LogP contribution in [-0.4, -0.2) is 11.8 Å². The fourth-order valence-electron chi connectivity index (χ4n) is 2.40. The first-order valence-electron chi connectivity index (χ1n) is 8.47. The Balaban J connectivity index is 1.79. The monoisotopic (exact) mass is 380 g/mol. The van der Waals surface area contributed by atoms with E-state index >= 15 is 0 Å². The molecule has 0 saturated heterocycles. The van der Waals surface area contributed by atoms with Crippen molar-refractivity contribution in [3.8, 4) is 0 Å². The minimum atomic E-state index is -0.375. The lowest BCUT2D eigenvalue weighted by Gasteiger charge is -2.11. The van der Waals surface area contributed by atoms with Crippen molar-refractivity contribution in [1.29, 1.82) is 0 Å². The van der Waals surface area contributed by atoms with Gasteiger partial charge >= 0.3 is 0 Å². The second-order valence-electron chi connectivity index (χ2n) is 6.11. The van der Waals surface area contributed by atoms with Crippen molar-refractivity contribution >= 4 is 29.2 Å². The van der Waals surface area contributed by atoms with E-state index in [-0.39, 0.29) is 24.1 Å². The molecule has 3 rings (SSSR count). The van der Waals surface area contributed by atoms with Crippen molar-refractivity contribution in [2.45, 2.75) is 20.4 Å². The van der Waals surface area contributed by atoms with Crippen LogP contribution in [0.5, 0.6) is 0 Å². The summed E-state index contributed by atoms with van der Waals surface area (Å²) in [6.07, 6.45) is 3.25. The Hall–Kier alpha value is -3.12. The number of hydrogen-bond acceptors (Lipinski definition) is 4. The van der Waals surface area contributed by atoms with Crippen molar-refractivity contribution in [2.75, 3.05) is 0 Å². The number of amides is 2. The summed E-state index contributed by atoms with van der Waals surface area (Å²) in [5.41, 5.74) is 2.79. The van der Waals surface area contributed by atoms with Crippen LogP contribution in [0.25, 0.3) is 6.08 Å². The summed E-state index contributed by atoms with van der Waals surface area (Å²) >= 11 is 1.51. The van der Waals surface area contributed by atoms with Gasteiger partial charge in [-0.15, -0.1) is 11.3 Å². The molecule has 5 nitrogen and oxygen atoms in total. The van der Waals surface area contributed by atoms with E-state index in [4.69, 9.17) is 4.42 Å². The van der Waals surface area contributed by atoms with Gasteiger partial charge in [0, 0.05) is 10.4 Å². The Morgan fingerprint density at radius 1 is 1.11 bits per heavy atom. The molecule has 1 aromatic carbocycles. The van der Waals surface area contributed by atoms with Gasteiger partial charge in [-0.1, -0.05) is 17.7 Å². The lowest BCUT2D eigenvalue weighted by Crippen LogP contribution is -2.34. The second-order valence-corrected chi connectivity index (χ2v) is 7.06. The highest BCUT2D eigenvalue weighted by atomic mass is 32.1. The van der Waals surface area contributed by atoms with Gasteiger partial charge in [-0.3, -0.25) is 9.59 Å². The molecule has 0 fully saturated rings. The van der Waals surface area contributed by atoms with Gasteiger partial charge in [0.25, 0.3) is 11.8 Å². The molecular weight excluding hydrogens is 360 g/mol. The third kappa shape index (κ3) is 4.95. The number of rotatable bonds is 6. The summed E-state index contributed by atoms with van der Waals surface area (Å²) in [5, 5.41) is 7.45. The molecule has 3 aromatic rings. The molecule has 2 N–H and O–H groups in total. The molecule has 0 radical (unpaired) electrons. The fourth-order valence-corrected chi connectivity index (χ4v) is 3.26. The molecule has 2 heterocycles. The molecule has 138 valence electrons. The molecule has 2 aromatic heterocycles. The minimum Gasteiger partial charge on any atom is -0.467 e. The number of benzene rings is 1. The minimum absolute atomic E-state index is 0.192. The van der Waals surface area contributed by atoms with Crippen LogP contribution in [0.4, 0.5) is 0 Å².